The zero-order chi connectivity index (χ0) is 22.3. The zero-order valence-electron chi connectivity index (χ0n) is 18.0. The molecule has 30 heavy (non-hydrogen) atoms. The molecule has 164 valence electrons. The summed E-state index contributed by atoms with van der Waals surface area (Å²) in [6, 6.07) is 6.15. The molecule has 1 aromatic heterocycles. The number of carbonyl (C=O) groups is 1. The van der Waals surface area contributed by atoms with Crippen molar-refractivity contribution in [1.82, 2.24) is 4.98 Å². The lowest BCUT2D eigenvalue weighted by molar-refractivity contribution is 0.0696. The Kier molecular flexibility index (Phi) is 8.23. The second-order valence-electron chi connectivity index (χ2n) is 7.33. The van der Waals surface area contributed by atoms with Crippen LogP contribution in [0.1, 0.15) is 55.6 Å². The maximum Gasteiger partial charge on any atom is 0.335 e. The molecule has 0 radical (unpaired) electrons. The van der Waals surface area contributed by atoms with E-state index in [1.54, 1.807) is 12.1 Å². The van der Waals surface area contributed by atoms with Crippen molar-refractivity contribution in [3.63, 3.8) is 0 Å². The molecule has 1 N–H and O–H groups in total. The predicted octanol–water partition coefficient (Wildman–Crippen LogP) is 4.69. The van der Waals surface area contributed by atoms with E-state index in [0.29, 0.717) is 24.5 Å². The Morgan fingerprint density at radius 2 is 1.77 bits per heavy atom. The molecule has 0 aliphatic heterocycles. The van der Waals surface area contributed by atoms with Gasteiger partial charge in [-0.25, -0.2) is 13.2 Å². The van der Waals surface area contributed by atoms with Crippen LogP contribution < -0.4 is 9.64 Å². The van der Waals surface area contributed by atoms with Gasteiger partial charge in [-0.1, -0.05) is 26.7 Å². The summed E-state index contributed by atoms with van der Waals surface area (Å²) in [5, 5.41) is 9.58. The van der Waals surface area contributed by atoms with Crippen molar-refractivity contribution < 1.29 is 23.1 Å². The van der Waals surface area contributed by atoms with Gasteiger partial charge in [-0.3, -0.25) is 4.98 Å². The second-order valence-corrected chi connectivity index (χ2v) is 9.32. The van der Waals surface area contributed by atoms with Gasteiger partial charge in [0.05, 0.1) is 17.4 Å². The maximum absolute atomic E-state index is 12.6. The Labute approximate surface area is 178 Å². The van der Waals surface area contributed by atoms with Gasteiger partial charge in [0.15, 0.2) is 15.6 Å². The summed E-state index contributed by atoms with van der Waals surface area (Å²) in [5.41, 5.74) is 1.19. The normalized spacial score (nSPS) is 11.3. The fourth-order valence-corrected chi connectivity index (χ4v) is 3.83. The standard InChI is InChI=1S/C22H30N2O5S/c1-5-7-11-24(12-8-6-2)19-13-17(22(25)26)14-20(30(4,27)28)21(19)29-18-10-9-16(3)23-15-18/h9-10,13-15H,5-8,11-12H2,1-4H3,(H,25,26). The SMILES string of the molecule is CCCCN(CCCC)c1cc(C(=O)O)cc(S(C)(=O)=O)c1Oc1ccc(C)nc1. The average molecular weight is 435 g/mol. The first-order valence-electron chi connectivity index (χ1n) is 10.1. The van der Waals surface area contributed by atoms with Gasteiger partial charge in [0.2, 0.25) is 0 Å². The number of carboxylic acid groups (broad SMARTS) is 1. The molecule has 2 rings (SSSR count). The molecule has 0 aliphatic carbocycles. The smallest absolute Gasteiger partial charge is 0.335 e. The van der Waals surface area contributed by atoms with Crippen LogP contribution in [0.25, 0.3) is 0 Å². The second kappa shape index (κ2) is 10.4. The fraction of sp³-hybridized carbons (Fsp3) is 0.455. The van der Waals surface area contributed by atoms with E-state index in [1.807, 2.05) is 11.8 Å². The van der Waals surface area contributed by atoms with E-state index >= 15 is 0 Å². The topological polar surface area (TPSA) is 96.8 Å². The summed E-state index contributed by atoms with van der Waals surface area (Å²) in [6.07, 6.45) is 6.27. The third kappa shape index (κ3) is 6.19. The molecule has 0 saturated heterocycles. The van der Waals surface area contributed by atoms with Crippen LogP contribution >= 0.6 is 0 Å². The summed E-state index contributed by atoms with van der Waals surface area (Å²) < 4.78 is 31.2. The van der Waals surface area contributed by atoms with Gasteiger partial charge in [-0.15, -0.1) is 0 Å². The molecule has 0 unspecified atom stereocenters. The fourth-order valence-electron chi connectivity index (χ4n) is 3.01. The van der Waals surface area contributed by atoms with E-state index < -0.39 is 15.8 Å². The Morgan fingerprint density at radius 1 is 1.13 bits per heavy atom. The number of rotatable bonds is 11. The summed E-state index contributed by atoms with van der Waals surface area (Å²) in [6.45, 7) is 7.33. The Bertz CT molecular complexity index is 964. The lowest BCUT2D eigenvalue weighted by Gasteiger charge is -2.28. The van der Waals surface area contributed by atoms with Gasteiger partial charge < -0.3 is 14.7 Å². The Hall–Kier alpha value is -2.61. The number of aryl methyl sites for hydroxylation is 1. The number of unbranched alkanes of at least 4 members (excludes halogenated alkanes) is 2. The largest absolute Gasteiger partial charge is 0.478 e. The highest BCUT2D eigenvalue weighted by Gasteiger charge is 2.25. The van der Waals surface area contributed by atoms with Crippen molar-refractivity contribution in [2.24, 2.45) is 0 Å². The number of ether oxygens (including phenoxy) is 1. The molecule has 7 nitrogen and oxygen atoms in total. The number of sulfone groups is 1. The van der Waals surface area contributed by atoms with Crippen LogP contribution in [0.3, 0.4) is 0 Å². The van der Waals surface area contributed by atoms with E-state index in [0.717, 1.165) is 43.7 Å². The quantitative estimate of drug-likeness (QED) is 0.548. The van der Waals surface area contributed by atoms with E-state index in [-0.39, 0.29) is 16.2 Å². The van der Waals surface area contributed by atoms with Gasteiger partial charge in [0.1, 0.15) is 10.6 Å². The third-order valence-electron chi connectivity index (χ3n) is 4.69. The van der Waals surface area contributed by atoms with Crippen molar-refractivity contribution in [1.29, 1.82) is 0 Å². The lowest BCUT2D eigenvalue weighted by atomic mass is 10.1. The highest BCUT2D eigenvalue weighted by Crippen LogP contribution is 2.40. The average Bonchev–Trinajstić information content (AvgIpc) is 2.69. The molecule has 1 aromatic carbocycles. The van der Waals surface area contributed by atoms with Crippen LogP contribution in [0.4, 0.5) is 5.69 Å². The summed E-state index contributed by atoms with van der Waals surface area (Å²) in [5.74, 6) is -0.656. The third-order valence-corrected chi connectivity index (χ3v) is 5.79. The number of aromatic nitrogens is 1. The first kappa shape index (κ1) is 23.7. The molecule has 0 aliphatic rings. The monoisotopic (exact) mass is 434 g/mol. The number of aromatic carboxylic acids is 1. The number of pyridine rings is 1. The minimum atomic E-state index is -3.75. The van der Waals surface area contributed by atoms with E-state index in [2.05, 4.69) is 18.8 Å². The van der Waals surface area contributed by atoms with Crippen LogP contribution in [-0.4, -0.2) is 43.8 Å². The molecule has 0 spiro atoms. The van der Waals surface area contributed by atoms with E-state index in [9.17, 15) is 18.3 Å². The summed E-state index contributed by atoms with van der Waals surface area (Å²) in [4.78, 5) is 17.8. The number of nitrogens with zero attached hydrogens (tertiary/aromatic N) is 2. The first-order valence-corrected chi connectivity index (χ1v) is 12.0. The number of carboxylic acids is 1. The molecule has 0 amide bonds. The Balaban J connectivity index is 2.71. The molecule has 8 heteroatoms. The molecule has 2 aromatic rings. The highest BCUT2D eigenvalue weighted by atomic mass is 32.2. The van der Waals surface area contributed by atoms with E-state index in [1.165, 1.54) is 12.3 Å². The van der Waals surface area contributed by atoms with Crippen LogP contribution in [0.5, 0.6) is 11.5 Å². The van der Waals surface area contributed by atoms with Gasteiger partial charge in [0.25, 0.3) is 0 Å². The Morgan fingerprint density at radius 3 is 2.23 bits per heavy atom. The van der Waals surface area contributed by atoms with Crippen molar-refractivity contribution in [3.8, 4) is 11.5 Å². The van der Waals surface area contributed by atoms with Gasteiger partial charge in [-0.2, -0.15) is 0 Å². The van der Waals surface area contributed by atoms with Crippen LogP contribution in [-0.2, 0) is 9.84 Å². The van der Waals surface area contributed by atoms with Crippen molar-refractivity contribution in [2.75, 3.05) is 24.2 Å². The molecule has 0 saturated carbocycles. The van der Waals surface area contributed by atoms with Crippen LogP contribution in [0.15, 0.2) is 35.4 Å². The first-order chi connectivity index (χ1) is 14.2. The summed E-state index contributed by atoms with van der Waals surface area (Å²) in [7, 11) is -3.75. The molecule has 0 atom stereocenters. The molecule has 0 fully saturated rings. The number of hydrogen-bond donors (Lipinski definition) is 1. The minimum Gasteiger partial charge on any atom is -0.478 e. The van der Waals surface area contributed by atoms with Crippen LogP contribution in [0.2, 0.25) is 0 Å². The molecule has 1 heterocycles. The summed E-state index contributed by atoms with van der Waals surface area (Å²) >= 11 is 0. The molecular formula is C22H30N2O5S. The van der Waals surface area contributed by atoms with Gasteiger partial charge >= 0.3 is 5.97 Å². The maximum atomic E-state index is 12.6. The number of anilines is 1. The van der Waals surface area contributed by atoms with Crippen molar-refractivity contribution in [3.05, 3.63) is 41.7 Å². The van der Waals surface area contributed by atoms with Gasteiger partial charge in [-0.05, 0) is 44.0 Å². The zero-order valence-corrected chi connectivity index (χ0v) is 18.8. The van der Waals surface area contributed by atoms with E-state index in [4.69, 9.17) is 4.74 Å². The highest BCUT2D eigenvalue weighted by molar-refractivity contribution is 7.90. The van der Waals surface area contributed by atoms with Crippen molar-refractivity contribution in [2.45, 2.75) is 51.3 Å². The van der Waals surface area contributed by atoms with Crippen LogP contribution in [0, 0.1) is 6.92 Å². The number of hydrogen-bond acceptors (Lipinski definition) is 6. The predicted molar refractivity (Wildman–Crippen MR) is 118 cm³/mol. The number of benzene rings is 1. The minimum absolute atomic E-state index is 0.0854. The lowest BCUT2D eigenvalue weighted by Crippen LogP contribution is -2.27. The van der Waals surface area contributed by atoms with Crippen molar-refractivity contribution >= 4 is 21.5 Å². The molecule has 0 bridgehead atoms. The molecular weight excluding hydrogens is 404 g/mol. The van der Waals surface area contributed by atoms with Gasteiger partial charge in [0, 0.05) is 25.0 Å².